The van der Waals surface area contributed by atoms with E-state index in [2.05, 4.69) is 20.7 Å². The molecule has 6 heteroatoms. The fraction of sp³-hybridized carbons (Fsp3) is 0.545. The van der Waals surface area contributed by atoms with Gasteiger partial charge in [0, 0.05) is 10.0 Å². The minimum atomic E-state index is -1.30. The molecule has 28 heavy (non-hydrogen) atoms. The molecule has 0 radical (unpaired) electrons. The highest BCUT2D eigenvalue weighted by atomic mass is 79.9. The van der Waals surface area contributed by atoms with E-state index in [1.807, 2.05) is 12.1 Å². The first-order chi connectivity index (χ1) is 13.3. The number of carbonyl (C=O) groups is 2. The molecule has 0 saturated heterocycles. The first kappa shape index (κ1) is 19.5. The third-order valence-corrected chi connectivity index (χ3v) is 7.55. The van der Waals surface area contributed by atoms with Crippen LogP contribution >= 0.6 is 15.9 Å². The van der Waals surface area contributed by atoms with Gasteiger partial charge in [0.25, 0.3) is 0 Å². The molecule has 0 aliphatic heterocycles. The lowest BCUT2D eigenvalue weighted by molar-refractivity contribution is -0.142. The molecule has 4 aliphatic rings. The van der Waals surface area contributed by atoms with Gasteiger partial charge in [-0.1, -0.05) is 15.9 Å². The zero-order chi connectivity index (χ0) is 20.1. The second kappa shape index (κ2) is 7.21. The van der Waals surface area contributed by atoms with E-state index in [4.69, 9.17) is 4.74 Å². The van der Waals surface area contributed by atoms with Gasteiger partial charge >= 0.3 is 11.9 Å². The number of ether oxygens (including phenoxy) is 2. The Bertz CT molecular complexity index is 821. The molecular formula is C22H25BrO5. The Morgan fingerprint density at radius 1 is 1.11 bits per heavy atom. The zero-order valence-electron chi connectivity index (χ0n) is 16.2. The number of aliphatic carboxylic acids is 1. The predicted molar refractivity (Wildman–Crippen MR) is 108 cm³/mol. The van der Waals surface area contributed by atoms with Crippen molar-refractivity contribution in [3.05, 3.63) is 33.3 Å². The monoisotopic (exact) mass is 448 g/mol. The van der Waals surface area contributed by atoms with Crippen LogP contribution in [0.2, 0.25) is 0 Å². The van der Waals surface area contributed by atoms with Gasteiger partial charge in [-0.3, -0.25) is 0 Å². The summed E-state index contributed by atoms with van der Waals surface area (Å²) in [5.74, 6) is 1.02. The average Bonchev–Trinajstić information content (AvgIpc) is 2.64. The molecule has 0 amide bonds. The summed E-state index contributed by atoms with van der Waals surface area (Å²) in [6.45, 7) is 0. The molecule has 4 aliphatic carbocycles. The van der Waals surface area contributed by atoms with Gasteiger partial charge in [0.05, 0.1) is 14.2 Å². The molecule has 5 rings (SSSR count). The maximum Gasteiger partial charge on any atom is 0.345 e. The van der Waals surface area contributed by atoms with Gasteiger partial charge in [-0.15, -0.1) is 0 Å². The van der Waals surface area contributed by atoms with Crippen molar-refractivity contribution in [2.45, 2.75) is 43.9 Å². The van der Waals surface area contributed by atoms with Gasteiger partial charge in [-0.05, 0) is 85.5 Å². The summed E-state index contributed by atoms with van der Waals surface area (Å²) in [7, 11) is 2.86. The van der Waals surface area contributed by atoms with Gasteiger partial charge in [-0.2, -0.15) is 0 Å². The van der Waals surface area contributed by atoms with Crippen molar-refractivity contribution < 1.29 is 24.2 Å². The van der Waals surface area contributed by atoms with E-state index in [-0.39, 0.29) is 11.0 Å². The number of methoxy groups -OCH3 is 2. The number of carbonyl (C=O) groups excluding carboxylic acids is 1. The van der Waals surface area contributed by atoms with Crippen LogP contribution in [-0.2, 0) is 19.7 Å². The lowest BCUT2D eigenvalue weighted by Crippen LogP contribution is -2.48. The van der Waals surface area contributed by atoms with Crippen LogP contribution in [0.1, 0.15) is 49.7 Å². The van der Waals surface area contributed by atoms with Crippen molar-refractivity contribution in [2.24, 2.45) is 17.8 Å². The summed E-state index contributed by atoms with van der Waals surface area (Å²) in [5, 5.41) is 9.42. The molecule has 1 N–H and O–H groups in total. The summed E-state index contributed by atoms with van der Waals surface area (Å²) in [6.07, 6.45) is 8.93. The Balaban J connectivity index is 1.81. The number of benzene rings is 1. The fourth-order valence-corrected chi connectivity index (χ4v) is 6.62. The summed E-state index contributed by atoms with van der Waals surface area (Å²) in [5.41, 5.74) is 1.52. The lowest BCUT2D eigenvalue weighted by Gasteiger charge is -2.57. The SMILES string of the molecule is COC(=O)/C(=C/c1cc(C23CC4CC(CC(C4)C2)C3)c(OC)cc1Br)C(=O)O. The predicted octanol–water partition coefficient (Wildman–Crippen LogP) is 4.57. The van der Waals surface area contributed by atoms with E-state index in [9.17, 15) is 14.7 Å². The van der Waals surface area contributed by atoms with Crippen molar-refractivity contribution in [3.63, 3.8) is 0 Å². The van der Waals surface area contributed by atoms with E-state index in [1.165, 1.54) is 51.7 Å². The van der Waals surface area contributed by atoms with Crippen LogP contribution < -0.4 is 4.74 Å². The second-order valence-corrected chi connectivity index (χ2v) is 9.48. The minimum absolute atomic E-state index is 0.0953. The van der Waals surface area contributed by atoms with E-state index in [0.717, 1.165) is 29.1 Å². The molecule has 0 atom stereocenters. The summed E-state index contributed by atoms with van der Waals surface area (Å²) >= 11 is 3.51. The van der Waals surface area contributed by atoms with Crippen LogP contribution in [0.25, 0.3) is 6.08 Å². The molecule has 0 unspecified atom stereocenters. The van der Waals surface area contributed by atoms with Crippen LogP contribution in [-0.4, -0.2) is 31.3 Å². The average molecular weight is 449 g/mol. The number of halogens is 1. The maximum atomic E-state index is 11.9. The maximum absolute atomic E-state index is 11.9. The van der Waals surface area contributed by atoms with Gasteiger partial charge in [0.1, 0.15) is 11.3 Å². The highest BCUT2D eigenvalue weighted by Gasteiger charge is 2.52. The highest BCUT2D eigenvalue weighted by molar-refractivity contribution is 9.10. The Morgan fingerprint density at radius 3 is 2.14 bits per heavy atom. The molecule has 4 bridgehead atoms. The summed E-state index contributed by atoms with van der Waals surface area (Å²) < 4.78 is 11.1. The van der Waals surface area contributed by atoms with Crippen LogP contribution in [0.15, 0.2) is 22.2 Å². The van der Waals surface area contributed by atoms with Crippen LogP contribution in [0.3, 0.4) is 0 Å². The molecule has 0 spiro atoms. The largest absolute Gasteiger partial charge is 0.496 e. The molecule has 1 aromatic carbocycles. The topological polar surface area (TPSA) is 72.8 Å². The van der Waals surface area contributed by atoms with Crippen molar-refractivity contribution in [2.75, 3.05) is 14.2 Å². The Labute approximate surface area is 173 Å². The smallest absolute Gasteiger partial charge is 0.345 e. The zero-order valence-corrected chi connectivity index (χ0v) is 17.8. The Hall–Kier alpha value is -1.82. The number of hydrogen-bond acceptors (Lipinski definition) is 4. The third-order valence-electron chi connectivity index (χ3n) is 6.86. The Kier molecular flexibility index (Phi) is 5.02. The quantitative estimate of drug-likeness (QED) is 0.309. The molecule has 0 aromatic heterocycles. The number of carboxylic acids is 1. The summed E-state index contributed by atoms with van der Waals surface area (Å²) in [6, 6.07) is 3.92. The highest BCUT2D eigenvalue weighted by Crippen LogP contribution is 2.62. The Morgan fingerprint density at radius 2 is 1.68 bits per heavy atom. The molecular weight excluding hydrogens is 424 g/mol. The molecule has 4 fully saturated rings. The second-order valence-electron chi connectivity index (χ2n) is 8.63. The van der Waals surface area contributed by atoms with E-state index < -0.39 is 11.9 Å². The van der Waals surface area contributed by atoms with Crippen LogP contribution in [0.4, 0.5) is 0 Å². The van der Waals surface area contributed by atoms with Crippen molar-refractivity contribution in [3.8, 4) is 5.75 Å². The molecule has 5 nitrogen and oxygen atoms in total. The standard InChI is InChI=1S/C22H25BrO5/c1-27-19-8-18(23)15(6-16(20(24)25)21(26)28-2)7-17(19)22-9-12-3-13(10-22)5-14(4-12)11-22/h6-8,12-14H,3-5,9-11H2,1-2H3,(H,24,25)/b16-6+. The van der Waals surface area contributed by atoms with Gasteiger partial charge < -0.3 is 14.6 Å². The van der Waals surface area contributed by atoms with E-state index in [0.29, 0.717) is 10.0 Å². The van der Waals surface area contributed by atoms with Crippen molar-refractivity contribution in [1.82, 2.24) is 0 Å². The van der Waals surface area contributed by atoms with E-state index >= 15 is 0 Å². The van der Waals surface area contributed by atoms with Gasteiger partial charge in [-0.25, -0.2) is 9.59 Å². The minimum Gasteiger partial charge on any atom is -0.496 e. The third kappa shape index (κ3) is 3.25. The molecule has 4 saturated carbocycles. The van der Waals surface area contributed by atoms with Crippen LogP contribution in [0, 0.1) is 17.8 Å². The normalized spacial score (nSPS) is 31.0. The number of hydrogen-bond donors (Lipinski definition) is 1. The first-order valence-corrected chi connectivity index (χ1v) is 10.6. The number of rotatable bonds is 5. The van der Waals surface area contributed by atoms with Crippen LogP contribution in [0.5, 0.6) is 5.75 Å². The molecule has 1 aromatic rings. The van der Waals surface area contributed by atoms with E-state index in [1.54, 1.807) is 7.11 Å². The van der Waals surface area contributed by atoms with Crippen molar-refractivity contribution >= 4 is 33.9 Å². The van der Waals surface area contributed by atoms with Gasteiger partial charge in [0.15, 0.2) is 0 Å². The van der Waals surface area contributed by atoms with Crippen molar-refractivity contribution in [1.29, 1.82) is 0 Å². The molecule has 150 valence electrons. The molecule has 0 heterocycles. The lowest BCUT2D eigenvalue weighted by atomic mass is 9.48. The fourth-order valence-electron chi connectivity index (χ4n) is 6.18. The first-order valence-electron chi connectivity index (χ1n) is 9.76. The van der Waals surface area contributed by atoms with Gasteiger partial charge in [0.2, 0.25) is 0 Å². The summed E-state index contributed by atoms with van der Waals surface area (Å²) in [4.78, 5) is 23.4. The number of carboxylic acid groups (broad SMARTS) is 1. The number of esters is 1.